The van der Waals surface area contributed by atoms with Gasteiger partial charge in [-0.05, 0) is 30.7 Å². The number of nitriles is 1. The third-order valence-electron chi connectivity index (χ3n) is 4.90. The molecule has 0 spiro atoms. The van der Waals surface area contributed by atoms with Crippen LogP contribution in [-0.4, -0.2) is 54.5 Å². The molecule has 0 aliphatic carbocycles. The Morgan fingerprint density at radius 3 is 2.50 bits per heavy atom. The lowest BCUT2D eigenvalue weighted by molar-refractivity contribution is 0.386. The lowest BCUT2D eigenvalue weighted by atomic mass is 10.1. The van der Waals surface area contributed by atoms with Crippen LogP contribution in [0, 0.1) is 18.3 Å². The van der Waals surface area contributed by atoms with Crippen molar-refractivity contribution in [2.75, 3.05) is 37.3 Å². The molecule has 134 valence electrons. The first-order valence-electron chi connectivity index (χ1n) is 8.41. The molecule has 26 heavy (non-hydrogen) atoms. The number of piperazine rings is 1. The van der Waals surface area contributed by atoms with Gasteiger partial charge in [0.05, 0.1) is 22.9 Å². The molecule has 3 heterocycles. The zero-order valence-corrected chi connectivity index (χ0v) is 15.5. The zero-order valence-electron chi connectivity index (χ0n) is 14.7. The van der Waals surface area contributed by atoms with Gasteiger partial charge < -0.3 is 4.90 Å². The highest BCUT2D eigenvalue weighted by atomic mass is 32.2. The van der Waals surface area contributed by atoms with Crippen LogP contribution >= 0.6 is 0 Å². The zero-order chi connectivity index (χ0) is 18.5. The van der Waals surface area contributed by atoms with Gasteiger partial charge in [0.2, 0.25) is 10.0 Å². The van der Waals surface area contributed by atoms with Gasteiger partial charge in [0, 0.05) is 26.2 Å². The van der Waals surface area contributed by atoms with E-state index in [4.69, 9.17) is 0 Å². The van der Waals surface area contributed by atoms with Crippen molar-refractivity contribution < 1.29 is 8.42 Å². The lowest BCUT2D eigenvalue weighted by Crippen LogP contribution is -2.48. The molecular weight excluding hydrogens is 350 g/mol. The molecule has 3 aromatic rings. The molecule has 2 aromatic heterocycles. The van der Waals surface area contributed by atoms with Crippen LogP contribution in [0.2, 0.25) is 0 Å². The van der Waals surface area contributed by atoms with Crippen molar-refractivity contribution in [1.82, 2.24) is 13.7 Å². The fourth-order valence-corrected chi connectivity index (χ4v) is 4.38. The summed E-state index contributed by atoms with van der Waals surface area (Å²) in [5, 5.41) is 9.58. The normalized spacial score (nSPS) is 16.3. The molecule has 0 radical (unpaired) electrons. The summed E-state index contributed by atoms with van der Waals surface area (Å²) in [7, 11) is -3.17. The third kappa shape index (κ3) is 2.60. The molecule has 1 aromatic carbocycles. The summed E-state index contributed by atoms with van der Waals surface area (Å²) < 4.78 is 27.1. The molecule has 4 rings (SSSR count). The largest absolute Gasteiger partial charge is 0.355 e. The first-order valence-corrected chi connectivity index (χ1v) is 10.3. The molecule has 0 atom stereocenters. The highest BCUT2D eigenvalue weighted by molar-refractivity contribution is 7.88. The minimum absolute atomic E-state index is 0.450. The van der Waals surface area contributed by atoms with E-state index in [0.29, 0.717) is 37.4 Å². The van der Waals surface area contributed by atoms with E-state index >= 15 is 0 Å². The Hall–Kier alpha value is -2.63. The van der Waals surface area contributed by atoms with Gasteiger partial charge in [0.15, 0.2) is 5.65 Å². The van der Waals surface area contributed by atoms with Gasteiger partial charge in [-0.25, -0.2) is 13.4 Å². The molecule has 0 saturated carbocycles. The summed E-state index contributed by atoms with van der Waals surface area (Å²) in [6.07, 6.45) is 1.25. The second-order valence-corrected chi connectivity index (χ2v) is 8.56. The second kappa shape index (κ2) is 5.97. The Kier molecular flexibility index (Phi) is 3.86. The summed E-state index contributed by atoms with van der Waals surface area (Å²) in [5.74, 6) is 0.943. The standard InChI is InChI=1S/C18H19N5O2S/c1-13-11-17(21-7-9-22(10-8-21)26(2,24)25)23-16-6-4-3-5-15(16)20-18(23)14(13)12-19/h3-6,11H,7-10H2,1-2H3. The molecule has 0 N–H and O–H groups in total. The molecule has 0 bridgehead atoms. The lowest BCUT2D eigenvalue weighted by Gasteiger charge is -2.35. The highest BCUT2D eigenvalue weighted by Crippen LogP contribution is 2.29. The van der Waals surface area contributed by atoms with Gasteiger partial charge in [-0.15, -0.1) is 0 Å². The van der Waals surface area contributed by atoms with E-state index in [2.05, 4.69) is 16.0 Å². The van der Waals surface area contributed by atoms with E-state index < -0.39 is 10.0 Å². The predicted octanol–water partition coefficient (Wildman–Crippen LogP) is 1.75. The first-order chi connectivity index (χ1) is 12.4. The number of aromatic nitrogens is 2. The van der Waals surface area contributed by atoms with E-state index in [1.165, 1.54) is 10.6 Å². The number of anilines is 1. The number of para-hydroxylation sites is 2. The maximum atomic E-state index is 11.8. The monoisotopic (exact) mass is 369 g/mol. The van der Waals surface area contributed by atoms with Crippen LogP contribution in [0.1, 0.15) is 11.1 Å². The number of aryl methyl sites for hydroxylation is 1. The van der Waals surface area contributed by atoms with Gasteiger partial charge in [0.1, 0.15) is 11.9 Å². The summed E-state index contributed by atoms with van der Waals surface area (Å²) >= 11 is 0. The Morgan fingerprint density at radius 2 is 1.85 bits per heavy atom. The van der Waals surface area contributed by atoms with Crippen molar-refractivity contribution in [3.63, 3.8) is 0 Å². The van der Waals surface area contributed by atoms with Crippen LogP contribution < -0.4 is 4.90 Å². The number of hydrogen-bond acceptors (Lipinski definition) is 5. The quantitative estimate of drug-likeness (QED) is 0.687. The van der Waals surface area contributed by atoms with Crippen LogP contribution in [0.3, 0.4) is 0 Å². The number of sulfonamides is 1. The number of nitrogens with zero attached hydrogens (tertiary/aromatic N) is 5. The van der Waals surface area contributed by atoms with Crippen LogP contribution in [0.4, 0.5) is 5.82 Å². The number of benzene rings is 1. The van der Waals surface area contributed by atoms with Gasteiger partial charge in [0.25, 0.3) is 0 Å². The molecule has 0 unspecified atom stereocenters. The summed E-state index contributed by atoms with van der Waals surface area (Å²) in [4.78, 5) is 6.83. The molecule has 1 aliphatic heterocycles. The number of imidazole rings is 1. The van der Waals surface area contributed by atoms with Crippen molar-refractivity contribution in [2.45, 2.75) is 6.92 Å². The van der Waals surface area contributed by atoms with E-state index in [-0.39, 0.29) is 0 Å². The Labute approximate surface area is 152 Å². The average Bonchev–Trinajstić information content (AvgIpc) is 2.99. The number of rotatable bonds is 2. The van der Waals surface area contributed by atoms with Crippen molar-refractivity contribution in [1.29, 1.82) is 5.26 Å². The van der Waals surface area contributed by atoms with Crippen molar-refractivity contribution >= 4 is 32.5 Å². The summed E-state index contributed by atoms with van der Waals surface area (Å²) in [6.45, 7) is 4.01. The van der Waals surface area contributed by atoms with Gasteiger partial charge >= 0.3 is 0 Å². The van der Waals surface area contributed by atoms with E-state index in [0.717, 1.165) is 22.4 Å². The van der Waals surface area contributed by atoms with Gasteiger partial charge in [-0.2, -0.15) is 9.57 Å². The topological polar surface area (TPSA) is 81.7 Å². The first kappa shape index (κ1) is 16.8. The van der Waals surface area contributed by atoms with E-state index in [1.807, 2.05) is 41.7 Å². The van der Waals surface area contributed by atoms with Crippen molar-refractivity contribution in [2.24, 2.45) is 0 Å². The third-order valence-corrected chi connectivity index (χ3v) is 6.20. The Balaban J connectivity index is 1.87. The number of fused-ring (bicyclic) bond motifs is 3. The minimum Gasteiger partial charge on any atom is -0.355 e. The molecule has 7 nitrogen and oxygen atoms in total. The molecular formula is C18H19N5O2S. The maximum absolute atomic E-state index is 11.8. The second-order valence-electron chi connectivity index (χ2n) is 6.58. The average molecular weight is 369 g/mol. The van der Waals surface area contributed by atoms with Crippen LogP contribution in [-0.2, 0) is 10.0 Å². The Bertz CT molecular complexity index is 1150. The van der Waals surface area contributed by atoms with Gasteiger partial charge in [-0.1, -0.05) is 12.1 Å². The molecule has 1 fully saturated rings. The minimum atomic E-state index is -3.17. The molecule has 1 saturated heterocycles. The molecule has 0 amide bonds. The van der Waals surface area contributed by atoms with E-state index in [9.17, 15) is 13.7 Å². The van der Waals surface area contributed by atoms with E-state index in [1.54, 1.807) is 0 Å². The Morgan fingerprint density at radius 1 is 1.15 bits per heavy atom. The van der Waals surface area contributed by atoms with Crippen molar-refractivity contribution in [3.05, 3.63) is 41.5 Å². The van der Waals surface area contributed by atoms with Crippen LogP contribution in [0.25, 0.3) is 16.7 Å². The predicted molar refractivity (Wildman–Crippen MR) is 101 cm³/mol. The highest BCUT2D eigenvalue weighted by Gasteiger charge is 2.26. The van der Waals surface area contributed by atoms with Crippen LogP contribution in [0.5, 0.6) is 0 Å². The number of hydrogen-bond donors (Lipinski definition) is 0. The number of pyridine rings is 1. The maximum Gasteiger partial charge on any atom is 0.211 e. The molecule has 8 heteroatoms. The fourth-order valence-electron chi connectivity index (χ4n) is 3.55. The smallest absolute Gasteiger partial charge is 0.211 e. The fraction of sp³-hybridized carbons (Fsp3) is 0.333. The van der Waals surface area contributed by atoms with Gasteiger partial charge in [-0.3, -0.25) is 4.40 Å². The van der Waals surface area contributed by atoms with Crippen molar-refractivity contribution in [3.8, 4) is 6.07 Å². The van der Waals surface area contributed by atoms with Crippen LogP contribution in [0.15, 0.2) is 30.3 Å². The molecule has 1 aliphatic rings. The summed E-state index contributed by atoms with van der Waals surface area (Å²) in [6, 6.07) is 12.1. The summed E-state index contributed by atoms with van der Waals surface area (Å²) in [5.41, 5.74) is 3.87. The SMILES string of the molecule is Cc1cc(N2CCN(S(C)(=O)=O)CC2)n2c(nc3ccccc32)c1C#N.